The molecule has 9 aromatic rings. The van der Waals surface area contributed by atoms with E-state index in [-0.39, 0.29) is 26.5 Å². The number of rotatable bonds is 7. The maximum atomic E-state index is 8.82. The van der Waals surface area contributed by atoms with Crippen LogP contribution in [0, 0.1) is 18.5 Å². The number of benzene rings is 6. The van der Waals surface area contributed by atoms with E-state index in [1.807, 2.05) is 98.3 Å². The molecule has 10 rings (SSSR count). The molecule has 0 saturated heterocycles. The van der Waals surface area contributed by atoms with Gasteiger partial charge in [-0.2, -0.15) is 18.2 Å². The first-order chi connectivity index (χ1) is 29.9. The number of ether oxygens (including phenoxy) is 1. The van der Waals surface area contributed by atoms with Crippen LogP contribution in [0.2, 0.25) is 0 Å². The standard InChI is InChI=1S/C52H42BN5O.Pt/c1-52(2,3)38-28-30-54-49(32-38)58-46-25-13-12-22-44(46)45-27-26-41(34-48(45)58)59-40-21-14-20-39(33-40)57-35-55(4)51-47(57)29-31-56(5)53(51)50-42(36-16-8-6-9-17-36)23-15-24-43(50)37-18-10-7-11-19-37;/h6-32H,1-5H3;/q-2;/i4D3;. The predicted molar refractivity (Wildman–Crippen MR) is 240 cm³/mol. The molecule has 0 radical (unpaired) electrons. The third-order valence-electron chi connectivity index (χ3n) is 11.2. The quantitative estimate of drug-likeness (QED) is 0.0909. The second kappa shape index (κ2) is 15.6. The average Bonchev–Trinajstić information content (AvgIpc) is 3.83. The number of hydrogen-bond donors (Lipinski definition) is 0. The van der Waals surface area contributed by atoms with Gasteiger partial charge in [0.15, 0.2) is 0 Å². The van der Waals surface area contributed by atoms with Gasteiger partial charge in [-0.15, -0.1) is 29.7 Å². The van der Waals surface area contributed by atoms with E-state index in [2.05, 4.69) is 121 Å². The minimum absolute atomic E-state index is 0. The molecular formula is C52H42BN5OPt-2. The first-order valence-corrected chi connectivity index (χ1v) is 19.8. The van der Waals surface area contributed by atoms with Crippen LogP contribution in [0.4, 0.5) is 0 Å². The van der Waals surface area contributed by atoms with Crippen molar-refractivity contribution in [1.82, 2.24) is 18.9 Å². The van der Waals surface area contributed by atoms with Gasteiger partial charge in [-0.3, -0.25) is 0 Å². The minimum Gasteiger partial charge on any atom is -0.510 e. The Morgan fingerprint density at radius 1 is 0.733 bits per heavy atom. The van der Waals surface area contributed by atoms with Gasteiger partial charge in [-0.05, 0) is 81.6 Å². The largest absolute Gasteiger partial charge is 0.510 e. The van der Waals surface area contributed by atoms with Crippen LogP contribution < -0.4 is 20.4 Å². The van der Waals surface area contributed by atoms with E-state index in [0.29, 0.717) is 28.5 Å². The van der Waals surface area contributed by atoms with E-state index in [1.54, 1.807) is 4.57 Å². The molecule has 1 aliphatic heterocycles. The Bertz CT molecular complexity index is 3120. The summed E-state index contributed by atoms with van der Waals surface area (Å²) in [6.45, 7) is 3.55. The number of aromatic nitrogens is 4. The molecule has 0 bridgehead atoms. The molecule has 4 heterocycles. The molecule has 3 aromatic heterocycles. The fourth-order valence-corrected chi connectivity index (χ4v) is 8.37. The number of para-hydroxylation sites is 1. The van der Waals surface area contributed by atoms with Crippen LogP contribution in [0.25, 0.3) is 61.6 Å². The third kappa shape index (κ3) is 6.87. The Hall–Kier alpha value is -6.43. The van der Waals surface area contributed by atoms with Crippen molar-refractivity contribution in [2.24, 2.45) is 6.98 Å². The van der Waals surface area contributed by atoms with Crippen molar-refractivity contribution in [2.45, 2.75) is 26.2 Å². The van der Waals surface area contributed by atoms with Gasteiger partial charge in [-0.1, -0.05) is 129 Å². The number of nitrogens with zero attached hydrogens (tertiary/aromatic N) is 5. The average molecular weight is 962 g/mol. The van der Waals surface area contributed by atoms with Gasteiger partial charge in [0.25, 0.3) is 0 Å². The van der Waals surface area contributed by atoms with Gasteiger partial charge < -0.3 is 23.2 Å². The molecule has 0 N–H and O–H groups in total. The van der Waals surface area contributed by atoms with Gasteiger partial charge in [0.2, 0.25) is 6.33 Å². The first-order valence-electron chi connectivity index (χ1n) is 21.3. The molecule has 0 spiro atoms. The Labute approximate surface area is 370 Å². The van der Waals surface area contributed by atoms with Crippen molar-refractivity contribution in [3.05, 3.63) is 188 Å². The van der Waals surface area contributed by atoms with Crippen LogP contribution in [0.1, 0.15) is 36.1 Å². The van der Waals surface area contributed by atoms with Crippen molar-refractivity contribution in [2.75, 3.05) is 7.05 Å². The van der Waals surface area contributed by atoms with E-state index >= 15 is 0 Å². The van der Waals surface area contributed by atoms with Crippen LogP contribution in [-0.4, -0.2) is 32.8 Å². The van der Waals surface area contributed by atoms with Gasteiger partial charge in [0.05, 0.1) is 11.1 Å². The Balaban J connectivity index is 0.00000504. The van der Waals surface area contributed by atoms with Crippen molar-refractivity contribution in [3.63, 3.8) is 0 Å². The smallest absolute Gasteiger partial charge is 0.307 e. The predicted octanol–water partition coefficient (Wildman–Crippen LogP) is 9.64. The molecule has 60 heavy (non-hydrogen) atoms. The van der Waals surface area contributed by atoms with Crippen molar-refractivity contribution in [3.8, 4) is 45.3 Å². The molecule has 0 aliphatic carbocycles. The van der Waals surface area contributed by atoms with Crippen LogP contribution >= 0.6 is 0 Å². The van der Waals surface area contributed by atoms with E-state index in [1.165, 1.54) is 10.1 Å². The Kier molecular flexibility index (Phi) is 9.25. The van der Waals surface area contributed by atoms with Crippen LogP contribution in [0.3, 0.4) is 0 Å². The first kappa shape index (κ1) is 35.5. The normalized spacial score (nSPS) is 13.4. The monoisotopic (exact) mass is 961 g/mol. The summed E-state index contributed by atoms with van der Waals surface area (Å²) in [4.78, 5) is 6.90. The van der Waals surface area contributed by atoms with Gasteiger partial charge in [-0.25, -0.2) is 4.98 Å². The van der Waals surface area contributed by atoms with Gasteiger partial charge >= 0.3 is 6.85 Å². The molecule has 0 unspecified atom stereocenters. The Morgan fingerprint density at radius 3 is 2.13 bits per heavy atom. The van der Waals surface area contributed by atoms with Crippen LogP contribution in [0.15, 0.2) is 158 Å². The van der Waals surface area contributed by atoms with Crippen molar-refractivity contribution >= 4 is 45.8 Å². The SMILES string of the molecule is [2H]C([2H])([2H])[n+]1[c-]n(-c2[c-]c(Oc3[c-]c4c(cc3)c3ccccc3n4-c3cc(C(C)(C)C)ccn3)ccc2)c2c1B(c1c(-c3ccccc3)cccc1-c1ccccc1)N(C)C=C2.[Pt]. The summed E-state index contributed by atoms with van der Waals surface area (Å²) in [7, 11) is 1.99. The van der Waals surface area contributed by atoms with Gasteiger partial charge in [0.1, 0.15) is 5.82 Å². The number of fused-ring (bicyclic) bond motifs is 4. The molecule has 1 aliphatic rings. The number of pyridine rings is 1. The molecule has 8 heteroatoms. The number of aryl methyl sites for hydroxylation is 1. The van der Waals surface area contributed by atoms with Crippen molar-refractivity contribution in [1.29, 1.82) is 0 Å². The maximum absolute atomic E-state index is 8.82. The fraction of sp³-hybridized carbons (Fsp3) is 0.115. The summed E-state index contributed by atoms with van der Waals surface area (Å²) < 4.78 is 38.3. The topological polar surface area (TPSA) is 39.1 Å². The summed E-state index contributed by atoms with van der Waals surface area (Å²) in [5.41, 5.74) is 9.94. The van der Waals surface area contributed by atoms with Crippen LogP contribution in [-0.2, 0) is 33.5 Å². The summed E-state index contributed by atoms with van der Waals surface area (Å²) in [5.74, 6) is 1.75. The minimum atomic E-state index is -2.55. The molecular weight excluding hydrogens is 916 g/mol. The molecule has 6 aromatic carbocycles. The summed E-state index contributed by atoms with van der Waals surface area (Å²) in [6.07, 6.45) is 9.07. The second-order valence-corrected chi connectivity index (χ2v) is 16.0. The number of hydrogen-bond acceptors (Lipinski definition) is 3. The third-order valence-corrected chi connectivity index (χ3v) is 11.2. The van der Waals surface area contributed by atoms with E-state index in [4.69, 9.17) is 13.8 Å². The zero-order valence-electron chi connectivity index (χ0n) is 36.6. The Morgan fingerprint density at radius 2 is 1.42 bits per heavy atom. The van der Waals surface area contributed by atoms with E-state index in [9.17, 15) is 0 Å². The zero-order chi connectivity index (χ0) is 42.8. The summed E-state index contributed by atoms with van der Waals surface area (Å²) >= 11 is 0. The van der Waals surface area contributed by atoms with E-state index in [0.717, 1.165) is 55.3 Å². The molecule has 0 fully saturated rings. The molecule has 0 atom stereocenters. The zero-order valence-corrected chi connectivity index (χ0v) is 35.9. The molecule has 0 saturated carbocycles. The summed E-state index contributed by atoms with van der Waals surface area (Å²) in [5, 5.41) is 2.13. The molecule has 0 amide bonds. The van der Waals surface area contributed by atoms with E-state index < -0.39 is 13.8 Å². The molecule has 296 valence electrons. The van der Waals surface area contributed by atoms with Crippen LogP contribution in [0.5, 0.6) is 11.5 Å². The molecule has 6 nitrogen and oxygen atoms in total. The number of imidazole rings is 1. The van der Waals surface area contributed by atoms with Gasteiger partial charge in [0, 0.05) is 55.6 Å². The van der Waals surface area contributed by atoms with Crippen molar-refractivity contribution < 1.29 is 34.5 Å². The second-order valence-electron chi connectivity index (χ2n) is 16.0. The fourth-order valence-electron chi connectivity index (χ4n) is 8.37. The summed E-state index contributed by atoms with van der Waals surface area (Å²) in [6, 6.07) is 55.9. The maximum Gasteiger partial charge on any atom is 0.307 e.